The number of carboxylic acid groups (broad SMARTS) is 1. The van der Waals surface area contributed by atoms with Gasteiger partial charge >= 0.3 is 5.97 Å². The van der Waals surface area contributed by atoms with Crippen LogP contribution in [0.2, 0.25) is 0 Å². The number of carbonyl (C=O) groups is 1. The Hall–Kier alpha value is -2.87. The zero-order valence-electron chi connectivity index (χ0n) is 13.7. The van der Waals surface area contributed by atoms with Gasteiger partial charge < -0.3 is 5.11 Å². The molecule has 0 amide bonds. The number of benzene rings is 2. The van der Waals surface area contributed by atoms with Crippen LogP contribution in [0.3, 0.4) is 0 Å². The fourth-order valence-corrected chi connectivity index (χ4v) is 3.94. The SMILES string of the molecule is CCn1ncc2ccc(NS(=O)(=O)c3cc(C(=O)O)ccc3C)cc21. The van der Waals surface area contributed by atoms with E-state index in [-0.39, 0.29) is 10.5 Å². The summed E-state index contributed by atoms with van der Waals surface area (Å²) in [6.45, 7) is 4.24. The lowest BCUT2D eigenvalue weighted by atomic mass is 10.1. The molecule has 0 fully saturated rings. The third-order valence-corrected chi connectivity index (χ3v) is 5.44. The number of aromatic carboxylic acids is 1. The Bertz CT molecular complexity index is 1070. The summed E-state index contributed by atoms with van der Waals surface area (Å²) < 4.78 is 29.7. The molecule has 0 atom stereocenters. The van der Waals surface area contributed by atoms with E-state index >= 15 is 0 Å². The molecule has 130 valence electrons. The minimum atomic E-state index is -3.91. The first-order chi connectivity index (χ1) is 11.8. The summed E-state index contributed by atoms with van der Waals surface area (Å²) in [5.41, 5.74) is 1.60. The maximum Gasteiger partial charge on any atom is 0.335 e. The van der Waals surface area contributed by atoms with Crippen LogP contribution in [0.1, 0.15) is 22.8 Å². The van der Waals surface area contributed by atoms with Crippen molar-refractivity contribution in [1.29, 1.82) is 0 Å². The van der Waals surface area contributed by atoms with E-state index in [2.05, 4.69) is 9.82 Å². The van der Waals surface area contributed by atoms with Crippen molar-refractivity contribution in [3.8, 4) is 0 Å². The normalized spacial score (nSPS) is 11.6. The van der Waals surface area contributed by atoms with Crippen LogP contribution in [-0.4, -0.2) is 29.3 Å². The van der Waals surface area contributed by atoms with Crippen LogP contribution in [0.4, 0.5) is 5.69 Å². The van der Waals surface area contributed by atoms with Gasteiger partial charge in [0.05, 0.1) is 27.9 Å². The summed E-state index contributed by atoms with van der Waals surface area (Å²) in [6, 6.07) is 9.16. The molecule has 0 aliphatic rings. The van der Waals surface area contributed by atoms with Gasteiger partial charge in [-0.1, -0.05) is 6.07 Å². The summed E-state index contributed by atoms with van der Waals surface area (Å²) >= 11 is 0. The second kappa shape index (κ2) is 6.21. The van der Waals surface area contributed by atoms with E-state index in [1.807, 2.05) is 6.92 Å². The van der Waals surface area contributed by atoms with Crippen molar-refractivity contribution in [3.63, 3.8) is 0 Å². The smallest absolute Gasteiger partial charge is 0.335 e. The number of sulfonamides is 1. The molecule has 8 heteroatoms. The summed E-state index contributed by atoms with van der Waals surface area (Å²) in [5, 5.41) is 14.2. The molecular formula is C17H17N3O4S. The van der Waals surface area contributed by atoms with E-state index in [1.54, 1.807) is 36.0 Å². The number of rotatable bonds is 5. The van der Waals surface area contributed by atoms with Crippen LogP contribution in [0.5, 0.6) is 0 Å². The minimum Gasteiger partial charge on any atom is -0.478 e. The molecule has 0 spiro atoms. The van der Waals surface area contributed by atoms with Gasteiger partial charge in [0, 0.05) is 11.9 Å². The van der Waals surface area contributed by atoms with Crippen LogP contribution in [0.25, 0.3) is 10.9 Å². The average molecular weight is 359 g/mol. The van der Waals surface area contributed by atoms with Crippen molar-refractivity contribution in [2.45, 2.75) is 25.3 Å². The molecule has 0 bridgehead atoms. The first kappa shape index (κ1) is 17.0. The third-order valence-electron chi connectivity index (χ3n) is 3.92. The molecule has 0 saturated carbocycles. The van der Waals surface area contributed by atoms with E-state index in [1.165, 1.54) is 12.1 Å². The summed E-state index contributed by atoms with van der Waals surface area (Å²) in [5.74, 6) is -1.18. The fraction of sp³-hybridized carbons (Fsp3) is 0.176. The molecule has 1 aromatic heterocycles. The summed E-state index contributed by atoms with van der Waals surface area (Å²) in [7, 11) is -3.91. The van der Waals surface area contributed by atoms with Crippen molar-refractivity contribution < 1.29 is 18.3 Å². The van der Waals surface area contributed by atoms with Crippen molar-refractivity contribution in [1.82, 2.24) is 9.78 Å². The van der Waals surface area contributed by atoms with Gasteiger partial charge in [-0.15, -0.1) is 0 Å². The Balaban J connectivity index is 2.02. The van der Waals surface area contributed by atoms with Gasteiger partial charge in [0.2, 0.25) is 0 Å². The van der Waals surface area contributed by atoms with Crippen molar-refractivity contribution in [3.05, 3.63) is 53.7 Å². The van der Waals surface area contributed by atoms with Gasteiger partial charge in [-0.2, -0.15) is 5.10 Å². The number of hydrogen-bond acceptors (Lipinski definition) is 4. The van der Waals surface area contributed by atoms with Gasteiger partial charge in [-0.3, -0.25) is 9.40 Å². The quantitative estimate of drug-likeness (QED) is 0.729. The van der Waals surface area contributed by atoms with E-state index in [4.69, 9.17) is 5.11 Å². The second-order valence-electron chi connectivity index (χ2n) is 5.62. The average Bonchev–Trinajstić information content (AvgIpc) is 2.96. The standard InChI is InChI=1S/C17H17N3O4S/c1-3-20-15-9-14(7-6-13(15)10-18-20)19-25(23,24)16-8-12(17(21)22)5-4-11(16)2/h4-10,19H,3H2,1-2H3,(H,21,22). The molecule has 7 nitrogen and oxygen atoms in total. The van der Waals surface area contributed by atoms with E-state index in [9.17, 15) is 13.2 Å². The highest BCUT2D eigenvalue weighted by atomic mass is 32.2. The molecule has 2 aromatic carbocycles. The molecule has 3 aromatic rings. The second-order valence-corrected chi connectivity index (χ2v) is 7.28. The Morgan fingerprint density at radius 2 is 2.00 bits per heavy atom. The third kappa shape index (κ3) is 3.20. The molecular weight excluding hydrogens is 342 g/mol. The van der Waals surface area contributed by atoms with Gasteiger partial charge in [0.25, 0.3) is 10.0 Å². The number of aryl methyl sites for hydroxylation is 2. The molecule has 2 N–H and O–H groups in total. The number of anilines is 1. The zero-order valence-corrected chi connectivity index (χ0v) is 14.5. The van der Waals surface area contributed by atoms with Gasteiger partial charge in [0.1, 0.15) is 0 Å². The highest BCUT2D eigenvalue weighted by Gasteiger charge is 2.19. The van der Waals surface area contributed by atoms with Crippen LogP contribution in [-0.2, 0) is 16.6 Å². The molecule has 0 aliphatic heterocycles. The molecule has 0 aliphatic carbocycles. The first-order valence-electron chi connectivity index (χ1n) is 7.64. The minimum absolute atomic E-state index is 0.0588. The number of nitrogens with zero attached hydrogens (tertiary/aromatic N) is 2. The zero-order chi connectivity index (χ0) is 18.2. The Morgan fingerprint density at radius 3 is 2.68 bits per heavy atom. The Kier molecular flexibility index (Phi) is 4.22. The Labute approximate surface area is 145 Å². The summed E-state index contributed by atoms with van der Waals surface area (Å²) in [6.07, 6.45) is 1.72. The Morgan fingerprint density at radius 1 is 1.24 bits per heavy atom. The van der Waals surface area contributed by atoms with E-state index in [0.29, 0.717) is 17.8 Å². The monoisotopic (exact) mass is 359 g/mol. The van der Waals surface area contributed by atoms with Crippen LogP contribution in [0.15, 0.2) is 47.5 Å². The molecule has 1 heterocycles. The van der Waals surface area contributed by atoms with Crippen LogP contribution >= 0.6 is 0 Å². The summed E-state index contributed by atoms with van der Waals surface area (Å²) in [4.78, 5) is 11.1. The molecule has 0 radical (unpaired) electrons. The lowest BCUT2D eigenvalue weighted by Crippen LogP contribution is -2.15. The van der Waals surface area contributed by atoms with Crippen LogP contribution in [0, 0.1) is 6.92 Å². The maximum atomic E-state index is 12.7. The molecule has 25 heavy (non-hydrogen) atoms. The molecule has 0 saturated heterocycles. The first-order valence-corrected chi connectivity index (χ1v) is 9.12. The van der Waals surface area contributed by atoms with Crippen molar-refractivity contribution in [2.24, 2.45) is 0 Å². The predicted molar refractivity (Wildman–Crippen MR) is 94.4 cm³/mol. The fourth-order valence-electron chi connectivity index (χ4n) is 2.62. The molecule has 0 unspecified atom stereocenters. The largest absolute Gasteiger partial charge is 0.478 e. The van der Waals surface area contributed by atoms with Gasteiger partial charge in [-0.05, 0) is 49.7 Å². The number of carboxylic acids is 1. The van der Waals surface area contributed by atoms with Crippen molar-refractivity contribution >= 4 is 32.6 Å². The van der Waals surface area contributed by atoms with E-state index in [0.717, 1.165) is 17.0 Å². The number of nitrogens with one attached hydrogen (secondary N) is 1. The predicted octanol–water partition coefficient (Wildman–Crippen LogP) is 2.86. The van der Waals surface area contributed by atoms with Crippen LogP contribution < -0.4 is 4.72 Å². The highest BCUT2D eigenvalue weighted by Crippen LogP contribution is 2.24. The lowest BCUT2D eigenvalue weighted by molar-refractivity contribution is 0.0696. The van der Waals surface area contributed by atoms with Gasteiger partial charge in [-0.25, -0.2) is 13.2 Å². The van der Waals surface area contributed by atoms with E-state index < -0.39 is 16.0 Å². The maximum absolute atomic E-state index is 12.7. The number of hydrogen-bond donors (Lipinski definition) is 2. The van der Waals surface area contributed by atoms with Gasteiger partial charge in [0.15, 0.2) is 0 Å². The topological polar surface area (TPSA) is 101 Å². The molecule has 3 rings (SSSR count). The lowest BCUT2D eigenvalue weighted by Gasteiger charge is -2.11. The highest BCUT2D eigenvalue weighted by molar-refractivity contribution is 7.92. The number of fused-ring (bicyclic) bond motifs is 1. The number of aromatic nitrogens is 2. The van der Waals surface area contributed by atoms with Crippen molar-refractivity contribution in [2.75, 3.05) is 4.72 Å².